The average Bonchev–Trinajstić information content (AvgIpc) is 2.53. The highest BCUT2D eigenvalue weighted by molar-refractivity contribution is 5.25. The molecule has 1 unspecified atom stereocenters. The molecular weight excluding hydrogens is 276 g/mol. The summed E-state index contributed by atoms with van der Waals surface area (Å²) in [7, 11) is 0. The molecule has 2 rings (SSSR count). The van der Waals surface area contributed by atoms with Crippen LogP contribution in [0.5, 0.6) is 5.88 Å². The molecule has 0 radical (unpaired) electrons. The molecule has 22 heavy (non-hydrogen) atoms. The van der Waals surface area contributed by atoms with Crippen molar-refractivity contribution in [3.8, 4) is 5.88 Å². The first-order valence-electron chi connectivity index (χ1n) is 7.63. The van der Waals surface area contributed by atoms with Crippen LogP contribution < -0.4 is 10.1 Å². The van der Waals surface area contributed by atoms with E-state index in [9.17, 15) is 5.11 Å². The summed E-state index contributed by atoms with van der Waals surface area (Å²) in [5, 5.41) is 12.7. The third kappa shape index (κ3) is 4.83. The van der Waals surface area contributed by atoms with Crippen LogP contribution in [-0.2, 0) is 13.2 Å². The number of ether oxygens (including phenoxy) is 1. The average molecular weight is 300 g/mol. The van der Waals surface area contributed by atoms with Crippen LogP contribution in [0, 0.1) is 0 Å². The van der Waals surface area contributed by atoms with Crippen molar-refractivity contribution in [3.63, 3.8) is 0 Å². The highest BCUT2D eigenvalue weighted by Crippen LogP contribution is 2.15. The van der Waals surface area contributed by atoms with Crippen molar-refractivity contribution in [1.29, 1.82) is 0 Å². The fourth-order valence-corrected chi connectivity index (χ4v) is 2.18. The Morgan fingerprint density at radius 2 is 1.95 bits per heavy atom. The number of aliphatic hydroxyl groups is 1. The molecule has 0 saturated carbocycles. The van der Waals surface area contributed by atoms with Gasteiger partial charge < -0.3 is 15.2 Å². The van der Waals surface area contributed by atoms with E-state index in [1.54, 1.807) is 0 Å². The Balaban J connectivity index is 1.91. The zero-order valence-electron chi connectivity index (χ0n) is 13.4. The molecule has 0 amide bonds. The Morgan fingerprint density at radius 1 is 1.14 bits per heavy atom. The van der Waals surface area contributed by atoms with Gasteiger partial charge in [0.15, 0.2) is 0 Å². The Bertz CT molecular complexity index is 582. The Hall–Kier alpha value is -1.91. The normalized spacial score (nSPS) is 12.4. The maximum absolute atomic E-state index is 9.20. The molecule has 0 aliphatic heterocycles. The summed E-state index contributed by atoms with van der Waals surface area (Å²) >= 11 is 0. The molecule has 0 bridgehead atoms. The number of hydrogen-bond donors (Lipinski definition) is 2. The summed E-state index contributed by atoms with van der Waals surface area (Å²) in [4.78, 5) is 4.30. The van der Waals surface area contributed by atoms with Crippen LogP contribution in [0.4, 0.5) is 0 Å². The summed E-state index contributed by atoms with van der Waals surface area (Å²) in [6.45, 7) is 6.89. The predicted molar refractivity (Wildman–Crippen MR) is 87.6 cm³/mol. The second-order valence-electron chi connectivity index (χ2n) is 5.68. The van der Waals surface area contributed by atoms with Crippen molar-refractivity contribution < 1.29 is 9.84 Å². The van der Waals surface area contributed by atoms with Crippen molar-refractivity contribution in [1.82, 2.24) is 10.3 Å². The van der Waals surface area contributed by atoms with Crippen LogP contribution in [0.2, 0.25) is 0 Å². The molecule has 0 aliphatic carbocycles. The first-order chi connectivity index (χ1) is 10.6. The summed E-state index contributed by atoms with van der Waals surface area (Å²) in [6.07, 6.45) is 1.97. The minimum atomic E-state index is 0.0712. The quantitative estimate of drug-likeness (QED) is 0.824. The highest BCUT2D eigenvalue weighted by Gasteiger charge is 2.06. The lowest BCUT2D eigenvalue weighted by molar-refractivity contribution is 0.232. The van der Waals surface area contributed by atoms with Crippen LogP contribution >= 0.6 is 0 Å². The van der Waals surface area contributed by atoms with E-state index in [0.717, 1.165) is 17.7 Å². The topological polar surface area (TPSA) is 54.4 Å². The zero-order valence-corrected chi connectivity index (χ0v) is 13.4. The SMILES string of the molecule is CC(C)Oc1ccc(CNC(C)c2cccc(CO)c2)cn1. The minimum Gasteiger partial charge on any atom is -0.475 e. The monoisotopic (exact) mass is 300 g/mol. The second kappa shape index (κ2) is 7.92. The van der Waals surface area contributed by atoms with E-state index < -0.39 is 0 Å². The van der Waals surface area contributed by atoms with E-state index in [4.69, 9.17) is 4.74 Å². The summed E-state index contributed by atoms with van der Waals surface area (Å²) in [5.41, 5.74) is 3.21. The molecule has 2 N–H and O–H groups in total. The molecule has 4 heteroatoms. The van der Waals surface area contributed by atoms with E-state index in [-0.39, 0.29) is 18.8 Å². The van der Waals surface area contributed by atoms with E-state index in [0.29, 0.717) is 5.88 Å². The standard InChI is InChI=1S/C18H24N2O2/c1-13(2)22-18-8-7-16(11-20-18)10-19-14(3)17-6-4-5-15(9-17)12-21/h4-9,11,13-14,19,21H,10,12H2,1-3H3. The summed E-state index contributed by atoms with van der Waals surface area (Å²) in [5.74, 6) is 0.655. The fraction of sp³-hybridized carbons (Fsp3) is 0.389. The van der Waals surface area contributed by atoms with Crippen molar-refractivity contribution in [2.45, 2.75) is 46.1 Å². The molecule has 0 aliphatic rings. The van der Waals surface area contributed by atoms with Gasteiger partial charge in [-0.25, -0.2) is 4.98 Å². The lowest BCUT2D eigenvalue weighted by Crippen LogP contribution is -2.18. The van der Waals surface area contributed by atoms with Gasteiger partial charge >= 0.3 is 0 Å². The van der Waals surface area contributed by atoms with Gasteiger partial charge in [-0.1, -0.05) is 30.3 Å². The van der Waals surface area contributed by atoms with Gasteiger partial charge in [0.25, 0.3) is 0 Å². The van der Waals surface area contributed by atoms with Crippen molar-refractivity contribution in [2.24, 2.45) is 0 Å². The van der Waals surface area contributed by atoms with Gasteiger partial charge in [0, 0.05) is 24.8 Å². The number of pyridine rings is 1. The molecule has 1 heterocycles. The molecule has 0 saturated heterocycles. The molecule has 1 aromatic carbocycles. The first-order valence-corrected chi connectivity index (χ1v) is 7.63. The smallest absolute Gasteiger partial charge is 0.213 e. The number of benzene rings is 1. The summed E-state index contributed by atoms with van der Waals surface area (Å²) < 4.78 is 5.53. The summed E-state index contributed by atoms with van der Waals surface area (Å²) in [6, 6.07) is 12.1. The molecule has 1 atom stereocenters. The third-order valence-corrected chi connectivity index (χ3v) is 3.40. The van der Waals surface area contributed by atoms with Crippen LogP contribution in [0.15, 0.2) is 42.6 Å². The van der Waals surface area contributed by atoms with E-state index in [1.807, 2.05) is 50.4 Å². The predicted octanol–water partition coefficient (Wildman–Crippen LogP) is 3.21. The second-order valence-corrected chi connectivity index (χ2v) is 5.68. The highest BCUT2D eigenvalue weighted by atomic mass is 16.5. The molecule has 118 valence electrons. The van der Waals surface area contributed by atoms with Gasteiger partial charge in [-0.15, -0.1) is 0 Å². The van der Waals surface area contributed by atoms with Gasteiger partial charge in [0.05, 0.1) is 12.7 Å². The lowest BCUT2D eigenvalue weighted by Gasteiger charge is -2.15. The maximum Gasteiger partial charge on any atom is 0.213 e. The number of rotatable bonds is 7. The molecule has 0 fully saturated rings. The molecule has 2 aromatic rings. The van der Waals surface area contributed by atoms with Crippen molar-refractivity contribution >= 4 is 0 Å². The number of nitrogens with one attached hydrogen (secondary N) is 1. The van der Waals surface area contributed by atoms with Crippen LogP contribution in [0.25, 0.3) is 0 Å². The fourth-order valence-electron chi connectivity index (χ4n) is 2.18. The van der Waals surface area contributed by atoms with E-state index >= 15 is 0 Å². The van der Waals surface area contributed by atoms with Crippen molar-refractivity contribution in [2.75, 3.05) is 0 Å². The molecular formula is C18H24N2O2. The Kier molecular flexibility index (Phi) is 5.92. The van der Waals surface area contributed by atoms with Crippen LogP contribution in [-0.4, -0.2) is 16.2 Å². The lowest BCUT2D eigenvalue weighted by atomic mass is 10.1. The maximum atomic E-state index is 9.20. The number of nitrogens with zero attached hydrogens (tertiary/aromatic N) is 1. The Labute approximate surface area is 132 Å². The van der Waals surface area contributed by atoms with Gasteiger partial charge in [-0.3, -0.25) is 0 Å². The number of aromatic nitrogens is 1. The van der Waals surface area contributed by atoms with Gasteiger partial charge in [-0.2, -0.15) is 0 Å². The van der Waals surface area contributed by atoms with Gasteiger partial charge in [-0.05, 0) is 37.5 Å². The van der Waals surface area contributed by atoms with E-state index in [2.05, 4.69) is 23.3 Å². The zero-order chi connectivity index (χ0) is 15.9. The largest absolute Gasteiger partial charge is 0.475 e. The minimum absolute atomic E-state index is 0.0712. The van der Waals surface area contributed by atoms with Crippen LogP contribution in [0.1, 0.15) is 43.5 Å². The number of aliphatic hydroxyl groups excluding tert-OH is 1. The molecule has 4 nitrogen and oxygen atoms in total. The molecule has 1 aromatic heterocycles. The van der Waals surface area contributed by atoms with Gasteiger partial charge in [0.1, 0.15) is 0 Å². The molecule has 0 spiro atoms. The van der Waals surface area contributed by atoms with Crippen LogP contribution in [0.3, 0.4) is 0 Å². The van der Waals surface area contributed by atoms with Gasteiger partial charge in [0.2, 0.25) is 5.88 Å². The van der Waals surface area contributed by atoms with E-state index in [1.165, 1.54) is 5.56 Å². The first kappa shape index (κ1) is 16.5. The third-order valence-electron chi connectivity index (χ3n) is 3.40. The Morgan fingerprint density at radius 3 is 2.59 bits per heavy atom. The number of hydrogen-bond acceptors (Lipinski definition) is 4. The van der Waals surface area contributed by atoms with Crippen molar-refractivity contribution in [3.05, 3.63) is 59.3 Å².